The molecule has 0 aromatic carbocycles. The van der Waals surface area contributed by atoms with Gasteiger partial charge in [0.05, 0.1) is 13.2 Å². The average molecular weight is 206 g/mol. The summed E-state index contributed by atoms with van der Waals surface area (Å²) in [6, 6.07) is 0. The van der Waals surface area contributed by atoms with Crippen LogP contribution in [0.25, 0.3) is 0 Å². The van der Waals surface area contributed by atoms with Crippen LogP contribution in [0.3, 0.4) is 0 Å². The monoisotopic (exact) mass is 206 g/mol. The lowest BCUT2D eigenvalue weighted by atomic mass is 10.1. The van der Waals surface area contributed by atoms with Gasteiger partial charge in [-0.1, -0.05) is 20.3 Å². The highest BCUT2D eigenvalue weighted by Crippen LogP contribution is 2.05. The molecule has 5 heteroatoms. The van der Waals surface area contributed by atoms with Crippen LogP contribution >= 0.6 is 0 Å². The fourth-order valence-corrected chi connectivity index (χ4v) is 0.910. The minimum absolute atomic E-state index is 0.305. The Hall–Kier alpha value is -0.810. The molecule has 0 rings (SSSR count). The molecule has 0 N–H and O–H groups in total. The van der Waals surface area contributed by atoms with E-state index in [-0.39, 0.29) is 0 Å². The fraction of sp³-hybridized carbons (Fsp3) is 0.889. The average Bonchev–Trinajstić information content (AvgIpc) is 2.16. The number of rotatable bonds is 7. The molecule has 0 aromatic heterocycles. The highest BCUT2D eigenvalue weighted by atomic mass is 17.5. The highest BCUT2D eigenvalue weighted by Gasteiger charge is 2.08. The number of carbonyl (C=O) groups excluding carboxylic acids is 1. The summed E-state index contributed by atoms with van der Waals surface area (Å²) >= 11 is 0. The Morgan fingerprint density at radius 1 is 1.36 bits per heavy atom. The molecule has 0 aromatic rings. The molecule has 0 spiro atoms. The van der Waals surface area contributed by atoms with E-state index in [9.17, 15) is 4.79 Å². The first-order valence-electron chi connectivity index (χ1n) is 4.83. The summed E-state index contributed by atoms with van der Waals surface area (Å²) in [5, 5.41) is 4.06. The molecule has 0 saturated heterocycles. The Labute approximate surface area is 84.1 Å². The van der Waals surface area contributed by atoms with Crippen LogP contribution in [0.1, 0.15) is 33.6 Å². The summed E-state index contributed by atoms with van der Waals surface area (Å²) in [4.78, 5) is 19.2. The molecular weight excluding hydrogens is 188 g/mol. The first-order chi connectivity index (χ1) is 6.70. The van der Waals surface area contributed by atoms with Crippen LogP contribution in [0.2, 0.25) is 0 Å². The third-order valence-electron chi connectivity index (χ3n) is 1.54. The molecule has 0 amide bonds. The molecule has 0 aliphatic carbocycles. The predicted octanol–water partition coefficient (Wildman–Crippen LogP) is 2.46. The molecule has 84 valence electrons. The summed E-state index contributed by atoms with van der Waals surface area (Å²) in [6.07, 6.45) is 1.20. The molecule has 0 heterocycles. The molecule has 0 aliphatic rings. The van der Waals surface area contributed by atoms with Gasteiger partial charge in [-0.2, -0.15) is 4.89 Å². The summed E-state index contributed by atoms with van der Waals surface area (Å²) in [5.74, 6) is 0.333. The lowest BCUT2D eigenvalue weighted by Gasteiger charge is -2.09. The fourth-order valence-electron chi connectivity index (χ4n) is 0.910. The van der Waals surface area contributed by atoms with Crippen molar-refractivity contribution in [1.29, 1.82) is 0 Å². The molecule has 0 fully saturated rings. The zero-order valence-corrected chi connectivity index (χ0v) is 8.95. The zero-order chi connectivity index (χ0) is 10.8. The van der Waals surface area contributed by atoms with E-state index in [0.29, 0.717) is 19.1 Å². The van der Waals surface area contributed by atoms with Gasteiger partial charge in [-0.3, -0.25) is 0 Å². The third kappa shape index (κ3) is 7.82. The SMILES string of the molecule is CCCC(C)COC(=O)OOOCC. The van der Waals surface area contributed by atoms with Crippen molar-refractivity contribution in [2.45, 2.75) is 33.6 Å². The highest BCUT2D eigenvalue weighted by molar-refractivity contribution is 5.58. The number of carbonyl (C=O) groups is 1. The van der Waals surface area contributed by atoms with E-state index >= 15 is 0 Å². The van der Waals surface area contributed by atoms with Crippen LogP contribution in [0.5, 0.6) is 0 Å². The van der Waals surface area contributed by atoms with E-state index in [1.807, 2.05) is 6.92 Å². The first-order valence-corrected chi connectivity index (χ1v) is 4.83. The predicted molar refractivity (Wildman–Crippen MR) is 49.2 cm³/mol. The van der Waals surface area contributed by atoms with E-state index < -0.39 is 6.16 Å². The van der Waals surface area contributed by atoms with E-state index in [4.69, 9.17) is 4.74 Å². The molecule has 0 radical (unpaired) electrons. The van der Waals surface area contributed by atoms with Crippen molar-refractivity contribution in [2.24, 2.45) is 5.92 Å². The van der Waals surface area contributed by atoms with Crippen molar-refractivity contribution in [3.8, 4) is 0 Å². The molecule has 0 aliphatic heterocycles. The lowest BCUT2D eigenvalue weighted by Crippen LogP contribution is -2.13. The van der Waals surface area contributed by atoms with Crippen LogP contribution < -0.4 is 0 Å². The maximum absolute atomic E-state index is 10.8. The van der Waals surface area contributed by atoms with Gasteiger partial charge in [0.15, 0.2) is 0 Å². The van der Waals surface area contributed by atoms with Crippen LogP contribution in [0.4, 0.5) is 4.79 Å². The van der Waals surface area contributed by atoms with Crippen LogP contribution in [-0.4, -0.2) is 19.4 Å². The van der Waals surface area contributed by atoms with Crippen molar-refractivity contribution in [1.82, 2.24) is 0 Å². The van der Waals surface area contributed by atoms with Gasteiger partial charge in [-0.05, 0) is 24.3 Å². The molecule has 1 atom stereocenters. The maximum atomic E-state index is 10.8. The number of ether oxygens (including phenoxy) is 1. The molecular formula is C9H18O5. The van der Waals surface area contributed by atoms with Crippen molar-refractivity contribution < 1.29 is 24.3 Å². The Kier molecular flexibility index (Phi) is 8.27. The molecule has 0 saturated carbocycles. The van der Waals surface area contributed by atoms with Crippen LogP contribution in [0, 0.1) is 5.92 Å². The number of hydrogen-bond donors (Lipinski definition) is 0. The Morgan fingerprint density at radius 2 is 2.07 bits per heavy atom. The Balaban J connectivity index is 3.34. The summed E-state index contributed by atoms with van der Waals surface area (Å²) in [5.41, 5.74) is 0. The van der Waals surface area contributed by atoms with Crippen LogP contribution in [-0.2, 0) is 19.6 Å². The van der Waals surface area contributed by atoms with Gasteiger partial charge in [0.2, 0.25) is 0 Å². The van der Waals surface area contributed by atoms with Gasteiger partial charge in [0, 0.05) is 0 Å². The normalized spacial score (nSPS) is 12.2. The summed E-state index contributed by atoms with van der Waals surface area (Å²) in [6.45, 7) is 6.42. The van der Waals surface area contributed by atoms with E-state index in [0.717, 1.165) is 12.8 Å². The molecule has 14 heavy (non-hydrogen) atoms. The van der Waals surface area contributed by atoms with Gasteiger partial charge in [0.25, 0.3) is 0 Å². The standard InChI is InChI=1S/C9H18O5/c1-4-6-8(3)7-11-9(10)13-14-12-5-2/h8H,4-7H2,1-3H3. The van der Waals surface area contributed by atoms with E-state index in [1.54, 1.807) is 6.92 Å². The van der Waals surface area contributed by atoms with Crippen molar-refractivity contribution in [2.75, 3.05) is 13.2 Å². The van der Waals surface area contributed by atoms with Gasteiger partial charge in [-0.25, -0.2) is 9.68 Å². The lowest BCUT2D eigenvalue weighted by molar-refractivity contribution is -0.484. The largest absolute Gasteiger partial charge is 0.542 e. The Morgan fingerprint density at radius 3 is 2.64 bits per heavy atom. The van der Waals surface area contributed by atoms with Crippen molar-refractivity contribution >= 4 is 6.16 Å². The van der Waals surface area contributed by atoms with Gasteiger partial charge in [-0.15, -0.1) is 0 Å². The minimum Gasteiger partial charge on any atom is -0.432 e. The topological polar surface area (TPSA) is 54.0 Å². The zero-order valence-electron chi connectivity index (χ0n) is 8.95. The number of hydrogen-bond acceptors (Lipinski definition) is 5. The van der Waals surface area contributed by atoms with Gasteiger partial charge < -0.3 is 4.74 Å². The van der Waals surface area contributed by atoms with Gasteiger partial charge in [0.1, 0.15) is 0 Å². The van der Waals surface area contributed by atoms with Gasteiger partial charge >= 0.3 is 6.16 Å². The third-order valence-corrected chi connectivity index (χ3v) is 1.54. The second kappa shape index (κ2) is 8.77. The maximum Gasteiger partial charge on any atom is 0.542 e. The van der Waals surface area contributed by atoms with Crippen molar-refractivity contribution in [3.05, 3.63) is 0 Å². The quantitative estimate of drug-likeness (QED) is 0.277. The second-order valence-electron chi connectivity index (χ2n) is 3.01. The van der Waals surface area contributed by atoms with E-state index in [2.05, 4.69) is 21.7 Å². The smallest absolute Gasteiger partial charge is 0.432 e. The van der Waals surface area contributed by atoms with Crippen molar-refractivity contribution in [3.63, 3.8) is 0 Å². The Bertz CT molecular complexity index is 148. The van der Waals surface area contributed by atoms with Crippen LogP contribution in [0.15, 0.2) is 0 Å². The molecule has 0 bridgehead atoms. The summed E-state index contributed by atoms with van der Waals surface area (Å²) < 4.78 is 4.74. The first kappa shape index (κ1) is 13.2. The second-order valence-corrected chi connectivity index (χ2v) is 3.01. The minimum atomic E-state index is -0.874. The molecule has 5 nitrogen and oxygen atoms in total. The molecule has 1 unspecified atom stereocenters. The summed E-state index contributed by atoms with van der Waals surface area (Å²) in [7, 11) is 0. The van der Waals surface area contributed by atoms with E-state index in [1.165, 1.54) is 0 Å².